The summed E-state index contributed by atoms with van der Waals surface area (Å²) in [6, 6.07) is 4.75. The van der Waals surface area contributed by atoms with Crippen LogP contribution in [0.25, 0.3) is 0 Å². The Morgan fingerprint density at radius 2 is 1.89 bits per heavy atom. The molecule has 0 heterocycles. The molecule has 1 rings (SSSR count). The summed E-state index contributed by atoms with van der Waals surface area (Å²) in [4.78, 5) is 23.8. The molecule has 0 aromatic heterocycles. The Hall–Kier alpha value is -1.55. The monoisotopic (exact) mass is 284 g/mol. The van der Waals surface area contributed by atoms with Crippen molar-refractivity contribution in [1.29, 1.82) is 0 Å². The van der Waals surface area contributed by atoms with E-state index >= 15 is 0 Å². The van der Waals surface area contributed by atoms with Crippen LogP contribution in [0.3, 0.4) is 0 Å². The van der Waals surface area contributed by atoms with Gasteiger partial charge in [0, 0.05) is 17.9 Å². The van der Waals surface area contributed by atoms with Crippen LogP contribution in [0.4, 0.5) is 0 Å². The van der Waals surface area contributed by atoms with Gasteiger partial charge in [0.25, 0.3) is 0 Å². The van der Waals surface area contributed by atoms with E-state index in [1.54, 1.807) is 25.1 Å². The Kier molecular flexibility index (Phi) is 6.36. The van der Waals surface area contributed by atoms with Crippen LogP contribution in [-0.4, -0.2) is 30.8 Å². The molecule has 0 fully saturated rings. The number of halogens is 1. The maximum Gasteiger partial charge on any atom is 0.338 e. The van der Waals surface area contributed by atoms with E-state index in [1.165, 1.54) is 0 Å². The number of benzene rings is 1. The van der Waals surface area contributed by atoms with E-state index in [0.29, 0.717) is 17.9 Å². The zero-order valence-electron chi connectivity index (χ0n) is 11.1. The molecule has 0 aliphatic rings. The van der Waals surface area contributed by atoms with Crippen LogP contribution in [0.2, 0.25) is 0 Å². The first-order valence-corrected chi connectivity index (χ1v) is 6.70. The summed E-state index contributed by atoms with van der Waals surface area (Å²) in [7, 11) is 0. The van der Waals surface area contributed by atoms with Gasteiger partial charge in [0.2, 0.25) is 0 Å². The van der Waals surface area contributed by atoms with E-state index in [9.17, 15) is 9.59 Å². The maximum absolute atomic E-state index is 12.0. The highest BCUT2D eigenvalue weighted by atomic mass is 35.5. The van der Waals surface area contributed by atoms with E-state index in [0.717, 1.165) is 0 Å². The summed E-state index contributed by atoms with van der Waals surface area (Å²) in [6.45, 7) is 4.31. The van der Waals surface area contributed by atoms with Gasteiger partial charge in [0.1, 0.15) is 5.75 Å². The van der Waals surface area contributed by atoms with Crippen molar-refractivity contribution in [3.63, 3.8) is 0 Å². The first-order chi connectivity index (χ1) is 9.13. The Balaban J connectivity index is 3.14. The van der Waals surface area contributed by atoms with E-state index in [2.05, 4.69) is 0 Å². The van der Waals surface area contributed by atoms with Crippen molar-refractivity contribution in [1.82, 2.24) is 0 Å². The minimum absolute atomic E-state index is 0.170. The number of ether oxygens (including phenoxy) is 2. The largest absolute Gasteiger partial charge is 0.494 e. The second kappa shape index (κ2) is 7.79. The van der Waals surface area contributed by atoms with Crippen LogP contribution in [0, 0.1) is 0 Å². The smallest absolute Gasteiger partial charge is 0.338 e. The number of alkyl halides is 1. The molecule has 5 heteroatoms. The van der Waals surface area contributed by atoms with Crippen LogP contribution in [0.5, 0.6) is 5.75 Å². The molecular weight excluding hydrogens is 268 g/mol. The number of hydrogen-bond donors (Lipinski definition) is 0. The van der Waals surface area contributed by atoms with Gasteiger partial charge in [-0.2, -0.15) is 0 Å². The van der Waals surface area contributed by atoms with Crippen molar-refractivity contribution < 1.29 is 19.1 Å². The molecule has 0 aliphatic heterocycles. The fraction of sp³-hybridized carbons (Fsp3) is 0.429. The zero-order chi connectivity index (χ0) is 14.3. The van der Waals surface area contributed by atoms with Gasteiger partial charge >= 0.3 is 5.97 Å². The number of ketones is 1. The third-order valence-corrected chi connectivity index (χ3v) is 2.61. The number of esters is 1. The second-order valence-corrected chi connectivity index (χ2v) is 4.10. The molecule has 0 amide bonds. The summed E-state index contributed by atoms with van der Waals surface area (Å²) in [5, 5.41) is 0. The quantitative estimate of drug-likeness (QED) is 0.439. The lowest BCUT2D eigenvalue weighted by Gasteiger charge is -2.10. The van der Waals surface area contributed by atoms with Gasteiger partial charge in [0.15, 0.2) is 5.78 Å². The standard InChI is InChI=1S/C14H17ClO4/c1-3-18-10-5-6-11(14(17)19-4-2)12(9-10)13(16)7-8-15/h5-6,9H,3-4,7-8H2,1-2H3. The molecule has 0 saturated carbocycles. The minimum Gasteiger partial charge on any atom is -0.494 e. The molecule has 0 aliphatic carbocycles. The number of carbonyl (C=O) groups is 2. The number of hydrogen-bond acceptors (Lipinski definition) is 4. The van der Waals surface area contributed by atoms with E-state index in [4.69, 9.17) is 21.1 Å². The highest BCUT2D eigenvalue weighted by Crippen LogP contribution is 2.20. The molecule has 1 aromatic rings. The Morgan fingerprint density at radius 3 is 2.47 bits per heavy atom. The van der Waals surface area contributed by atoms with Crippen LogP contribution in [-0.2, 0) is 4.74 Å². The van der Waals surface area contributed by atoms with Crippen LogP contribution in [0.1, 0.15) is 41.0 Å². The summed E-state index contributed by atoms with van der Waals surface area (Å²) in [5.74, 6) is 0.0523. The SMILES string of the molecule is CCOC(=O)c1ccc(OCC)cc1C(=O)CCCl. The van der Waals surface area contributed by atoms with Gasteiger partial charge in [-0.15, -0.1) is 11.6 Å². The molecule has 0 N–H and O–H groups in total. The van der Waals surface area contributed by atoms with Gasteiger partial charge in [-0.25, -0.2) is 4.79 Å². The minimum atomic E-state index is -0.511. The molecule has 4 nitrogen and oxygen atoms in total. The van der Waals surface area contributed by atoms with E-state index < -0.39 is 5.97 Å². The lowest BCUT2D eigenvalue weighted by molar-refractivity contribution is 0.0523. The van der Waals surface area contributed by atoms with Crippen LogP contribution in [0.15, 0.2) is 18.2 Å². The molecule has 0 radical (unpaired) electrons. The van der Waals surface area contributed by atoms with Crippen LogP contribution < -0.4 is 4.74 Å². The molecule has 19 heavy (non-hydrogen) atoms. The van der Waals surface area contributed by atoms with Gasteiger partial charge in [0.05, 0.1) is 18.8 Å². The predicted molar refractivity (Wildman–Crippen MR) is 73.2 cm³/mol. The van der Waals surface area contributed by atoms with Crippen molar-refractivity contribution >= 4 is 23.4 Å². The molecule has 104 valence electrons. The molecule has 0 unspecified atom stereocenters. The second-order valence-electron chi connectivity index (χ2n) is 3.72. The summed E-state index contributed by atoms with van der Waals surface area (Å²) >= 11 is 5.57. The first kappa shape index (κ1) is 15.5. The van der Waals surface area contributed by atoms with Gasteiger partial charge in [-0.3, -0.25) is 4.79 Å². The average molecular weight is 285 g/mol. The van der Waals surface area contributed by atoms with Crippen molar-refractivity contribution in [3.8, 4) is 5.75 Å². The third-order valence-electron chi connectivity index (χ3n) is 2.42. The van der Waals surface area contributed by atoms with Gasteiger partial charge < -0.3 is 9.47 Å². The topological polar surface area (TPSA) is 52.6 Å². The highest BCUT2D eigenvalue weighted by Gasteiger charge is 2.18. The number of rotatable bonds is 7. The van der Waals surface area contributed by atoms with Gasteiger partial charge in [-0.1, -0.05) is 0 Å². The lowest BCUT2D eigenvalue weighted by atomic mass is 10.0. The third kappa shape index (κ3) is 4.24. The van der Waals surface area contributed by atoms with E-state index in [1.807, 2.05) is 6.92 Å². The molecule has 0 saturated heterocycles. The van der Waals surface area contributed by atoms with Crippen molar-refractivity contribution in [2.24, 2.45) is 0 Å². The van der Waals surface area contributed by atoms with Crippen molar-refractivity contribution in [2.75, 3.05) is 19.1 Å². The summed E-state index contributed by atoms with van der Waals surface area (Å²) in [5.41, 5.74) is 0.547. The molecular formula is C14H17ClO4. The number of Topliss-reactive ketones (excluding diaryl/α,β-unsaturated/α-hetero) is 1. The lowest BCUT2D eigenvalue weighted by Crippen LogP contribution is -2.12. The Labute approximate surface area is 117 Å². The molecule has 1 aromatic carbocycles. The average Bonchev–Trinajstić information content (AvgIpc) is 2.39. The zero-order valence-corrected chi connectivity index (χ0v) is 11.8. The predicted octanol–water partition coefficient (Wildman–Crippen LogP) is 3.07. The Bertz CT molecular complexity index is 457. The first-order valence-electron chi connectivity index (χ1n) is 6.17. The highest BCUT2D eigenvalue weighted by molar-refractivity contribution is 6.20. The Morgan fingerprint density at radius 1 is 1.16 bits per heavy atom. The molecule has 0 spiro atoms. The van der Waals surface area contributed by atoms with Gasteiger partial charge in [-0.05, 0) is 32.0 Å². The fourth-order valence-electron chi connectivity index (χ4n) is 1.62. The van der Waals surface area contributed by atoms with E-state index in [-0.39, 0.29) is 30.3 Å². The maximum atomic E-state index is 12.0. The fourth-order valence-corrected chi connectivity index (χ4v) is 1.79. The normalized spacial score (nSPS) is 10.1. The summed E-state index contributed by atoms with van der Waals surface area (Å²) < 4.78 is 10.3. The molecule has 0 atom stereocenters. The number of carbonyl (C=O) groups excluding carboxylic acids is 2. The summed E-state index contributed by atoms with van der Waals surface area (Å²) in [6.07, 6.45) is 0.170. The van der Waals surface area contributed by atoms with Crippen LogP contribution >= 0.6 is 11.6 Å². The van der Waals surface area contributed by atoms with Crippen molar-refractivity contribution in [2.45, 2.75) is 20.3 Å². The molecule has 0 bridgehead atoms. The van der Waals surface area contributed by atoms with Crippen molar-refractivity contribution in [3.05, 3.63) is 29.3 Å².